The van der Waals surface area contributed by atoms with Gasteiger partial charge in [-0.1, -0.05) is 29.3 Å². The minimum Gasteiger partial charge on any atom is -0.279 e. The molecule has 8 nitrogen and oxygen atoms in total. The lowest BCUT2D eigenvalue weighted by Crippen LogP contribution is -2.29. The number of sulfonamides is 1. The minimum absolute atomic E-state index is 0.0249. The molecule has 146 valence electrons. The fraction of sp³-hybridized carbons (Fsp3) is 0.0526. The number of fused-ring (bicyclic) bond motifs is 1. The van der Waals surface area contributed by atoms with Crippen molar-refractivity contribution in [2.24, 2.45) is 0 Å². The van der Waals surface area contributed by atoms with Gasteiger partial charge in [-0.25, -0.2) is 23.3 Å². The van der Waals surface area contributed by atoms with Crippen molar-refractivity contribution in [3.05, 3.63) is 76.8 Å². The molecule has 1 aromatic heterocycles. The molecule has 4 rings (SSSR count). The number of hydrogen-bond acceptors (Lipinski definition) is 6. The number of hydrogen-bond donors (Lipinski definition) is 1. The Morgan fingerprint density at radius 2 is 1.55 bits per heavy atom. The number of benzene rings is 2. The van der Waals surface area contributed by atoms with E-state index >= 15 is 0 Å². The molecule has 0 radical (unpaired) electrons. The van der Waals surface area contributed by atoms with E-state index in [0.29, 0.717) is 0 Å². The third kappa shape index (κ3) is 3.24. The molecule has 29 heavy (non-hydrogen) atoms. The molecule has 2 amide bonds. The molecule has 1 aliphatic rings. The van der Waals surface area contributed by atoms with Crippen molar-refractivity contribution in [1.82, 2.24) is 9.97 Å². The second-order valence-electron chi connectivity index (χ2n) is 6.31. The van der Waals surface area contributed by atoms with E-state index in [2.05, 4.69) is 14.7 Å². The van der Waals surface area contributed by atoms with E-state index in [0.717, 1.165) is 10.5 Å². The highest BCUT2D eigenvalue weighted by Gasteiger charge is 2.41. The molecule has 1 N–H and O–H groups in total. The molecule has 3 aromatic rings. The van der Waals surface area contributed by atoms with Gasteiger partial charge in [-0.05, 0) is 31.2 Å². The van der Waals surface area contributed by atoms with Crippen molar-refractivity contribution in [2.45, 2.75) is 11.8 Å². The number of amides is 2. The first-order valence-electron chi connectivity index (χ1n) is 8.35. The maximum absolute atomic E-state index is 13.0. The largest absolute Gasteiger partial charge is 0.279 e. The van der Waals surface area contributed by atoms with E-state index in [-0.39, 0.29) is 32.4 Å². The summed E-state index contributed by atoms with van der Waals surface area (Å²) in [6.07, 6.45) is 3.87. The van der Waals surface area contributed by atoms with Crippen LogP contribution in [0.5, 0.6) is 0 Å². The SMILES string of the molecule is Cc1ccc(S(=O)(=O)Nc2ccc(Cl)c3c2C(=O)N(c2cncnc2)C3=O)cc1. The first-order valence-corrected chi connectivity index (χ1v) is 10.2. The first kappa shape index (κ1) is 19.0. The summed E-state index contributed by atoms with van der Waals surface area (Å²) in [6, 6.07) is 8.94. The van der Waals surface area contributed by atoms with Crippen LogP contribution < -0.4 is 9.62 Å². The molecule has 0 bridgehead atoms. The molecule has 0 unspecified atom stereocenters. The van der Waals surface area contributed by atoms with Gasteiger partial charge in [-0.2, -0.15) is 0 Å². The lowest BCUT2D eigenvalue weighted by Gasteiger charge is -2.13. The highest BCUT2D eigenvalue weighted by atomic mass is 35.5. The third-order valence-electron chi connectivity index (χ3n) is 4.37. The average Bonchev–Trinajstić information content (AvgIpc) is 2.96. The second-order valence-corrected chi connectivity index (χ2v) is 8.40. The Hall–Kier alpha value is -3.30. The number of carbonyl (C=O) groups is 2. The molecule has 2 aromatic carbocycles. The number of aromatic nitrogens is 2. The van der Waals surface area contributed by atoms with Gasteiger partial charge in [-0.3, -0.25) is 14.3 Å². The smallest absolute Gasteiger partial charge is 0.268 e. The monoisotopic (exact) mass is 428 g/mol. The quantitative estimate of drug-likeness (QED) is 0.639. The van der Waals surface area contributed by atoms with Crippen molar-refractivity contribution in [3.8, 4) is 0 Å². The molecule has 0 aliphatic carbocycles. The number of nitrogens with one attached hydrogen (secondary N) is 1. The van der Waals surface area contributed by atoms with Crippen molar-refractivity contribution in [2.75, 3.05) is 9.62 Å². The van der Waals surface area contributed by atoms with Crippen LogP contribution in [-0.4, -0.2) is 30.2 Å². The van der Waals surface area contributed by atoms with E-state index < -0.39 is 21.8 Å². The number of halogens is 1. The molecule has 0 saturated heterocycles. The Morgan fingerprint density at radius 1 is 0.931 bits per heavy atom. The summed E-state index contributed by atoms with van der Waals surface area (Å²) >= 11 is 6.15. The number of rotatable bonds is 4. The first-order chi connectivity index (χ1) is 13.8. The zero-order chi connectivity index (χ0) is 20.8. The fourth-order valence-electron chi connectivity index (χ4n) is 2.97. The zero-order valence-electron chi connectivity index (χ0n) is 15.0. The Kier molecular flexibility index (Phi) is 4.56. The van der Waals surface area contributed by atoms with Gasteiger partial charge in [0, 0.05) is 0 Å². The summed E-state index contributed by atoms with van der Waals surface area (Å²) in [5.74, 6) is -1.40. The molecular weight excluding hydrogens is 416 g/mol. The van der Waals surface area contributed by atoms with Gasteiger partial charge in [0.15, 0.2) is 0 Å². The maximum Gasteiger partial charge on any atom is 0.268 e. The molecule has 0 atom stereocenters. The number of aryl methyl sites for hydroxylation is 1. The highest BCUT2D eigenvalue weighted by Crippen LogP contribution is 2.37. The van der Waals surface area contributed by atoms with Crippen LogP contribution >= 0.6 is 11.6 Å². The summed E-state index contributed by atoms with van der Waals surface area (Å²) in [5, 5.41) is 0.0379. The predicted octanol–water partition coefficient (Wildman–Crippen LogP) is 3.04. The van der Waals surface area contributed by atoms with Crippen molar-refractivity contribution < 1.29 is 18.0 Å². The molecule has 0 fully saturated rings. The standard InChI is InChI=1S/C19H13ClN4O4S/c1-11-2-4-13(5-3-11)29(27,28)23-15-7-6-14(20)16-17(15)19(26)24(18(16)25)12-8-21-10-22-9-12/h2-10,23H,1H3. The van der Waals surface area contributed by atoms with Gasteiger partial charge < -0.3 is 0 Å². The molecule has 10 heteroatoms. The van der Waals surface area contributed by atoms with Crippen molar-refractivity contribution in [1.29, 1.82) is 0 Å². The Bertz CT molecular complexity index is 1250. The van der Waals surface area contributed by atoms with Crippen LogP contribution in [0.15, 0.2) is 60.0 Å². The normalized spacial score (nSPS) is 13.5. The lowest BCUT2D eigenvalue weighted by atomic mass is 10.1. The topological polar surface area (TPSA) is 109 Å². The summed E-state index contributed by atoms with van der Waals surface area (Å²) in [7, 11) is -3.99. The van der Waals surface area contributed by atoms with E-state index in [1.165, 1.54) is 43.0 Å². The van der Waals surface area contributed by atoms with Gasteiger partial charge >= 0.3 is 0 Å². The summed E-state index contributed by atoms with van der Waals surface area (Å²) in [6.45, 7) is 1.84. The summed E-state index contributed by atoms with van der Waals surface area (Å²) in [5.41, 5.74) is 0.814. The van der Waals surface area contributed by atoms with Crippen LogP contribution in [-0.2, 0) is 10.0 Å². The average molecular weight is 429 g/mol. The van der Waals surface area contributed by atoms with E-state index in [1.807, 2.05) is 6.92 Å². The van der Waals surface area contributed by atoms with Crippen molar-refractivity contribution >= 4 is 44.8 Å². The van der Waals surface area contributed by atoms with Crippen LogP contribution in [0, 0.1) is 6.92 Å². The number of imide groups is 1. The van der Waals surface area contributed by atoms with Crippen LogP contribution in [0.25, 0.3) is 0 Å². The molecule has 2 heterocycles. The van der Waals surface area contributed by atoms with Gasteiger partial charge in [0.1, 0.15) is 6.33 Å². The number of anilines is 2. The summed E-state index contributed by atoms with van der Waals surface area (Å²) in [4.78, 5) is 34.4. The summed E-state index contributed by atoms with van der Waals surface area (Å²) < 4.78 is 27.9. The third-order valence-corrected chi connectivity index (χ3v) is 6.07. The van der Waals surface area contributed by atoms with Crippen LogP contribution in [0.2, 0.25) is 5.02 Å². The molecule has 0 spiro atoms. The van der Waals surface area contributed by atoms with Gasteiger partial charge in [0.2, 0.25) is 0 Å². The predicted molar refractivity (Wildman–Crippen MR) is 107 cm³/mol. The second kappa shape index (κ2) is 6.94. The fourth-order valence-corrected chi connectivity index (χ4v) is 4.28. The number of nitrogens with zero attached hydrogens (tertiary/aromatic N) is 3. The van der Waals surface area contributed by atoms with E-state index in [1.54, 1.807) is 12.1 Å². The highest BCUT2D eigenvalue weighted by molar-refractivity contribution is 7.92. The minimum atomic E-state index is -3.99. The van der Waals surface area contributed by atoms with Crippen LogP contribution in [0.4, 0.5) is 11.4 Å². The Balaban J connectivity index is 1.79. The van der Waals surface area contributed by atoms with E-state index in [9.17, 15) is 18.0 Å². The van der Waals surface area contributed by atoms with Gasteiger partial charge in [-0.15, -0.1) is 0 Å². The lowest BCUT2D eigenvalue weighted by molar-refractivity contribution is 0.0926. The molecule has 1 aliphatic heterocycles. The maximum atomic E-state index is 13.0. The zero-order valence-corrected chi connectivity index (χ0v) is 16.5. The Morgan fingerprint density at radius 3 is 2.21 bits per heavy atom. The van der Waals surface area contributed by atoms with Crippen LogP contribution in [0.1, 0.15) is 26.3 Å². The van der Waals surface area contributed by atoms with Crippen molar-refractivity contribution in [3.63, 3.8) is 0 Å². The molecule has 0 saturated carbocycles. The number of carbonyl (C=O) groups excluding carboxylic acids is 2. The van der Waals surface area contributed by atoms with Crippen LogP contribution in [0.3, 0.4) is 0 Å². The van der Waals surface area contributed by atoms with E-state index in [4.69, 9.17) is 11.6 Å². The molecular formula is C19H13ClN4O4S. The van der Waals surface area contributed by atoms with Gasteiger partial charge in [0.05, 0.1) is 44.8 Å². The van der Waals surface area contributed by atoms with Gasteiger partial charge in [0.25, 0.3) is 21.8 Å². The Labute approximate surface area is 171 Å².